The second-order valence-corrected chi connectivity index (χ2v) is 5.38. The highest BCUT2D eigenvalue weighted by molar-refractivity contribution is 6.35. The third-order valence-electron chi connectivity index (χ3n) is 3.13. The molecular formula is C16H17Cl2NO. The molecule has 4 heteroatoms. The summed E-state index contributed by atoms with van der Waals surface area (Å²) in [6.45, 7) is 2.12. The molecule has 0 radical (unpaired) electrons. The maximum Gasteiger partial charge on any atom is 0.124 e. The highest BCUT2D eigenvalue weighted by atomic mass is 35.5. The number of hydrogen-bond acceptors (Lipinski definition) is 2. The first-order chi connectivity index (χ1) is 9.63. The number of para-hydroxylation sites is 1. The third kappa shape index (κ3) is 3.59. The topological polar surface area (TPSA) is 21.3 Å². The lowest BCUT2D eigenvalue weighted by Gasteiger charge is -2.21. The van der Waals surface area contributed by atoms with Crippen LogP contribution in [0.25, 0.3) is 0 Å². The molecule has 106 valence electrons. The monoisotopic (exact) mass is 309 g/mol. The number of methoxy groups -OCH3 is 1. The van der Waals surface area contributed by atoms with E-state index in [1.54, 1.807) is 13.2 Å². The smallest absolute Gasteiger partial charge is 0.124 e. The number of ether oxygens (including phenoxy) is 1. The van der Waals surface area contributed by atoms with Gasteiger partial charge in [-0.2, -0.15) is 0 Å². The van der Waals surface area contributed by atoms with Crippen LogP contribution in [0.5, 0.6) is 5.75 Å². The van der Waals surface area contributed by atoms with Crippen LogP contribution >= 0.6 is 23.2 Å². The van der Waals surface area contributed by atoms with E-state index in [1.165, 1.54) is 0 Å². The van der Waals surface area contributed by atoms with E-state index in [4.69, 9.17) is 27.9 Å². The summed E-state index contributed by atoms with van der Waals surface area (Å²) in [6.07, 6.45) is 0.921. The van der Waals surface area contributed by atoms with E-state index in [-0.39, 0.29) is 6.04 Å². The fourth-order valence-electron chi connectivity index (χ4n) is 2.19. The molecule has 1 N–H and O–H groups in total. The number of nitrogens with one attached hydrogen (secondary N) is 1. The second kappa shape index (κ2) is 6.87. The van der Waals surface area contributed by atoms with Crippen molar-refractivity contribution in [3.05, 3.63) is 58.1 Å². The Hall–Kier alpha value is -1.38. The van der Waals surface area contributed by atoms with Gasteiger partial charge in [0.2, 0.25) is 0 Å². The summed E-state index contributed by atoms with van der Waals surface area (Å²) in [6, 6.07) is 13.6. The van der Waals surface area contributed by atoms with Crippen LogP contribution in [0.1, 0.15) is 24.9 Å². The van der Waals surface area contributed by atoms with Crippen LogP contribution in [0.2, 0.25) is 10.0 Å². The molecule has 0 aliphatic rings. The van der Waals surface area contributed by atoms with Gasteiger partial charge in [-0.05, 0) is 30.7 Å². The maximum atomic E-state index is 6.03. The Morgan fingerprint density at radius 2 is 1.75 bits per heavy atom. The normalized spacial score (nSPS) is 12.0. The van der Waals surface area contributed by atoms with Crippen molar-refractivity contribution in [2.75, 3.05) is 12.4 Å². The minimum atomic E-state index is 0.140. The molecule has 0 amide bonds. The molecule has 1 unspecified atom stereocenters. The second-order valence-electron chi connectivity index (χ2n) is 4.51. The minimum Gasteiger partial charge on any atom is -0.496 e. The fourth-order valence-corrected chi connectivity index (χ4v) is 2.72. The van der Waals surface area contributed by atoms with Crippen molar-refractivity contribution in [3.63, 3.8) is 0 Å². The Labute approximate surface area is 129 Å². The van der Waals surface area contributed by atoms with Gasteiger partial charge in [0, 0.05) is 21.3 Å². The molecule has 0 bridgehead atoms. The molecule has 0 saturated carbocycles. The first-order valence-corrected chi connectivity index (χ1v) is 7.25. The molecule has 0 fully saturated rings. The minimum absolute atomic E-state index is 0.140. The average Bonchev–Trinajstić information content (AvgIpc) is 2.43. The zero-order chi connectivity index (χ0) is 14.5. The van der Waals surface area contributed by atoms with Crippen LogP contribution in [0.15, 0.2) is 42.5 Å². The Bertz CT molecular complexity index is 566. The molecule has 0 aromatic heterocycles. The average molecular weight is 310 g/mol. The standard InChI is InChI=1S/C16H17Cl2NO/c1-3-15(14-6-4-5-7-16(14)20-2)19-13-9-11(17)8-12(18)10-13/h4-10,15,19H,3H2,1-2H3. The molecule has 0 heterocycles. The molecule has 2 aromatic carbocycles. The molecular weight excluding hydrogens is 293 g/mol. The quantitative estimate of drug-likeness (QED) is 0.780. The summed E-state index contributed by atoms with van der Waals surface area (Å²) < 4.78 is 5.42. The first-order valence-electron chi connectivity index (χ1n) is 6.49. The van der Waals surface area contributed by atoms with Crippen LogP contribution in [-0.4, -0.2) is 7.11 Å². The van der Waals surface area contributed by atoms with Gasteiger partial charge in [0.1, 0.15) is 5.75 Å². The van der Waals surface area contributed by atoms with E-state index >= 15 is 0 Å². The number of halogens is 2. The molecule has 2 rings (SSSR count). The summed E-state index contributed by atoms with van der Waals surface area (Å²) in [7, 11) is 1.68. The SMILES string of the molecule is CCC(Nc1cc(Cl)cc(Cl)c1)c1ccccc1OC. The first kappa shape index (κ1) is 15.0. The van der Waals surface area contributed by atoms with Crippen molar-refractivity contribution in [2.24, 2.45) is 0 Å². The summed E-state index contributed by atoms with van der Waals surface area (Å²) in [5, 5.41) is 4.69. The molecule has 0 aliphatic heterocycles. The van der Waals surface area contributed by atoms with E-state index in [1.807, 2.05) is 30.3 Å². The zero-order valence-corrected chi connectivity index (χ0v) is 13.0. The summed E-state index contributed by atoms with van der Waals surface area (Å²) in [4.78, 5) is 0. The number of rotatable bonds is 5. The van der Waals surface area contributed by atoms with Crippen LogP contribution in [0, 0.1) is 0 Å². The highest BCUT2D eigenvalue weighted by Crippen LogP contribution is 2.31. The largest absolute Gasteiger partial charge is 0.496 e. The molecule has 0 spiro atoms. The lowest BCUT2D eigenvalue weighted by atomic mass is 10.0. The van der Waals surface area contributed by atoms with Gasteiger partial charge in [0.15, 0.2) is 0 Å². The number of hydrogen-bond donors (Lipinski definition) is 1. The Balaban J connectivity index is 2.28. The fraction of sp³-hybridized carbons (Fsp3) is 0.250. The molecule has 2 aromatic rings. The number of benzene rings is 2. The molecule has 0 saturated heterocycles. The van der Waals surface area contributed by atoms with E-state index in [9.17, 15) is 0 Å². The summed E-state index contributed by atoms with van der Waals surface area (Å²) in [5.41, 5.74) is 2.02. The van der Waals surface area contributed by atoms with Gasteiger partial charge in [-0.3, -0.25) is 0 Å². The summed E-state index contributed by atoms with van der Waals surface area (Å²) in [5.74, 6) is 0.875. The van der Waals surface area contributed by atoms with Crippen LogP contribution in [0.4, 0.5) is 5.69 Å². The van der Waals surface area contributed by atoms with Gasteiger partial charge in [-0.15, -0.1) is 0 Å². The van der Waals surface area contributed by atoms with Gasteiger partial charge in [0.25, 0.3) is 0 Å². The predicted octanol–water partition coefficient (Wildman–Crippen LogP) is 5.57. The molecule has 20 heavy (non-hydrogen) atoms. The molecule has 0 aliphatic carbocycles. The number of anilines is 1. The molecule has 1 atom stereocenters. The van der Waals surface area contributed by atoms with Gasteiger partial charge in [-0.1, -0.05) is 48.3 Å². The zero-order valence-electron chi connectivity index (χ0n) is 11.5. The Morgan fingerprint density at radius 3 is 2.35 bits per heavy atom. The van der Waals surface area contributed by atoms with E-state index in [2.05, 4.69) is 18.3 Å². The molecule has 2 nitrogen and oxygen atoms in total. The summed E-state index contributed by atoms with van der Waals surface area (Å²) >= 11 is 12.1. The lowest BCUT2D eigenvalue weighted by molar-refractivity contribution is 0.406. The van der Waals surface area contributed by atoms with E-state index in [0.717, 1.165) is 23.4 Å². The van der Waals surface area contributed by atoms with E-state index < -0.39 is 0 Å². The van der Waals surface area contributed by atoms with Gasteiger partial charge in [0.05, 0.1) is 13.2 Å². The maximum absolute atomic E-state index is 6.03. The van der Waals surface area contributed by atoms with Gasteiger partial charge >= 0.3 is 0 Å². The van der Waals surface area contributed by atoms with Crippen LogP contribution < -0.4 is 10.1 Å². The van der Waals surface area contributed by atoms with Crippen LogP contribution in [0.3, 0.4) is 0 Å². The Kier molecular flexibility index (Phi) is 5.16. The van der Waals surface area contributed by atoms with Crippen molar-refractivity contribution in [1.29, 1.82) is 0 Å². The third-order valence-corrected chi connectivity index (χ3v) is 3.56. The predicted molar refractivity (Wildman–Crippen MR) is 86.1 cm³/mol. The van der Waals surface area contributed by atoms with Gasteiger partial charge < -0.3 is 10.1 Å². The Morgan fingerprint density at radius 1 is 1.10 bits per heavy atom. The lowest BCUT2D eigenvalue weighted by Crippen LogP contribution is -2.11. The highest BCUT2D eigenvalue weighted by Gasteiger charge is 2.14. The van der Waals surface area contributed by atoms with Crippen molar-refractivity contribution in [3.8, 4) is 5.75 Å². The van der Waals surface area contributed by atoms with Crippen molar-refractivity contribution in [1.82, 2.24) is 0 Å². The van der Waals surface area contributed by atoms with Crippen molar-refractivity contribution < 1.29 is 4.74 Å². The van der Waals surface area contributed by atoms with Gasteiger partial charge in [-0.25, -0.2) is 0 Å². The van der Waals surface area contributed by atoms with Crippen LogP contribution in [-0.2, 0) is 0 Å². The van der Waals surface area contributed by atoms with Crippen molar-refractivity contribution >= 4 is 28.9 Å². The van der Waals surface area contributed by atoms with E-state index in [0.29, 0.717) is 10.0 Å². The van der Waals surface area contributed by atoms with Crippen molar-refractivity contribution in [2.45, 2.75) is 19.4 Å².